The molecule has 0 saturated carbocycles. The van der Waals surface area contributed by atoms with Crippen LogP contribution in [0.15, 0.2) is 78.9 Å². The quantitative estimate of drug-likeness (QED) is 0.356. The molecule has 0 heterocycles. The molecule has 0 unspecified atom stereocenters. The van der Waals surface area contributed by atoms with E-state index in [1.54, 1.807) is 24.3 Å². The van der Waals surface area contributed by atoms with Crippen LogP contribution in [0.3, 0.4) is 0 Å². The van der Waals surface area contributed by atoms with Gasteiger partial charge in [-0.3, -0.25) is 4.79 Å². The van der Waals surface area contributed by atoms with E-state index >= 15 is 0 Å². The van der Waals surface area contributed by atoms with Crippen molar-refractivity contribution in [2.45, 2.75) is 18.6 Å². The van der Waals surface area contributed by atoms with Gasteiger partial charge < -0.3 is 25.6 Å². The third-order valence-corrected chi connectivity index (χ3v) is 5.10. The first kappa shape index (κ1) is 23.8. The molecule has 4 N–H and O–H groups in total. The molecule has 3 aromatic carbocycles. The van der Waals surface area contributed by atoms with Crippen LogP contribution in [-0.2, 0) is 6.42 Å². The first-order chi connectivity index (χ1) is 15.5. The Hall–Kier alpha value is -2.90. The second-order valence-corrected chi connectivity index (χ2v) is 7.86. The van der Waals surface area contributed by atoms with Crippen molar-refractivity contribution in [3.05, 3.63) is 95.0 Å². The first-order valence-corrected chi connectivity index (χ1v) is 10.8. The van der Waals surface area contributed by atoms with Crippen LogP contribution >= 0.6 is 11.6 Å². The Morgan fingerprint density at radius 3 is 2.31 bits per heavy atom. The maximum Gasteiger partial charge on any atom is 0.255 e. The minimum atomic E-state index is -0.699. The number of carbonyl (C=O) groups excluding carboxylic acids is 1. The highest BCUT2D eigenvalue weighted by molar-refractivity contribution is 6.30. The normalized spacial score (nSPS) is 12.7. The Balaban J connectivity index is 1.44. The summed E-state index contributed by atoms with van der Waals surface area (Å²) < 4.78 is 5.54. The number of rotatable bonds is 11. The molecule has 32 heavy (non-hydrogen) atoms. The molecule has 6 nitrogen and oxygen atoms in total. The number of carbonyl (C=O) groups is 1. The Labute approximate surface area is 192 Å². The summed E-state index contributed by atoms with van der Waals surface area (Å²) in [4.78, 5) is 12.3. The molecule has 0 aliphatic carbocycles. The van der Waals surface area contributed by atoms with Crippen molar-refractivity contribution < 1.29 is 19.7 Å². The van der Waals surface area contributed by atoms with Crippen molar-refractivity contribution in [2.75, 3.05) is 25.1 Å². The SMILES string of the molecule is O=C(Nc1ccc(C[C@@H](CO)NC[C@H](O)COc2ccccc2)cc1)c1ccc(Cl)cc1. The Morgan fingerprint density at radius 1 is 0.969 bits per heavy atom. The average molecular weight is 455 g/mol. The van der Waals surface area contributed by atoms with Crippen LogP contribution in [0.4, 0.5) is 5.69 Å². The van der Waals surface area contributed by atoms with Crippen LogP contribution in [0.1, 0.15) is 15.9 Å². The molecule has 7 heteroatoms. The third kappa shape index (κ3) is 7.66. The van der Waals surface area contributed by atoms with Gasteiger partial charge in [0.2, 0.25) is 0 Å². The van der Waals surface area contributed by atoms with Gasteiger partial charge in [-0.2, -0.15) is 0 Å². The fourth-order valence-electron chi connectivity index (χ4n) is 3.09. The van der Waals surface area contributed by atoms with E-state index in [0.29, 0.717) is 35.0 Å². The zero-order valence-electron chi connectivity index (χ0n) is 17.6. The van der Waals surface area contributed by atoms with Gasteiger partial charge >= 0.3 is 0 Å². The lowest BCUT2D eigenvalue weighted by Crippen LogP contribution is -2.41. The first-order valence-electron chi connectivity index (χ1n) is 10.4. The summed E-state index contributed by atoms with van der Waals surface area (Å²) in [6.45, 7) is 0.395. The molecule has 0 aromatic heterocycles. The zero-order valence-corrected chi connectivity index (χ0v) is 18.3. The van der Waals surface area contributed by atoms with Crippen molar-refractivity contribution >= 4 is 23.2 Å². The lowest BCUT2D eigenvalue weighted by atomic mass is 10.1. The Morgan fingerprint density at radius 2 is 1.66 bits per heavy atom. The van der Waals surface area contributed by atoms with Crippen LogP contribution in [0, 0.1) is 0 Å². The second-order valence-electron chi connectivity index (χ2n) is 7.43. The molecular weight excluding hydrogens is 428 g/mol. The van der Waals surface area contributed by atoms with Crippen molar-refractivity contribution in [3.63, 3.8) is 0 Å². The highest BCUT2D eigenvalue weighted by Crippen LogP contribution is 2.15. The summed E-state index contributed by atoms with van der Waals surface area (Å²) in [5, 5.41) is 26.4. The largest absolute Gasteiger partial charge is 0.491 e. The number of aliphatic hydroxyl groups is 2. The molecule has 0 fully saturated rings. The predicted molar refractivity (Wildman–Crippen MR) is 126 cm³/mol. The van der Waals surface area contributed by atoms with E-state index in [2.05, 4.69) is 10.6 Å². The fraction of sp³-hybridized carbons (Fsp3) is 0.240. The molecule has 3 rings (SSSR count). The average Bonchev–Trinajstić information content (AvgIpc) is 2.82. The zero-order chi connectivity index (χ0) is 22.8. The van der Waals surface area contributed by atoms with Gasteiger partial charge in [-0.25, -0.2) is 0 Å². The van der Waals surface area contributed by atoms with Gasteiger partial charge in [-0.15, -0.1) is 0 Å². The summed E-state index contributed by atoms with van der Waals surface area (Å²) in [5.41, 5.74) is 2.20. The number of ether oxygens (including phenoxy) is 1. The number of amides is 1. The van der Waals surface area contributed by atoms with E-state index in [9.17, 15) is 15.0 Å². The smallest absolute Gasteiger partial charge is 0.255 e. The van der Waals surface area contributed by atoms with E-state index in [-0.39, 0.29) is 25.2 Å². The van der Waals surface area contributed by atoms with Crippen LogP contribution in [0.5, 0.6) is 5.75 Å². The Kier molecular flexibility index (Phi) is 9.07. The van der Waals surface area contributed by atoms with Gasteiger partial charge in [-0.05, 0) is 60.5 Å². The minimum Gasteiger partial charge on any atom is -0.491 e. The summed E-state index contributed by atoms with van der Waals surface area (Å²) in [5.74, 6) is 0.490. The number of anilines is 1. The molecule has 0 radical (unpaired) electrons. The highest BCUT2D eigenvalue weighted by atomic mass is 35.5. The molecule has 0 spiro atoms. The molecule has 2 atom stereocenters. The van der Waals surface area contributed by atoms with Gasteiger partial charge in [0.1, 0.15) is 18.5 Å². The molecular formula is C25H27ClN2O4. The standard InChI is InChI=1S/C25H27ClN2O4/c26-20-10-8-19(9-11-20)25(31)28-21-12-6-18(7-13-21)14-22(16-29)27-15-23(30)17-32-24-4-2-1-3-5-24/h1-13,22-23,27,29-30H,14-17H2,(H,28,31)/t22-,23-/m0/s1. The van der Waals surface area contributed by atoms with Gasteiger partial charge in [-0.1, -0.05) is 41.9 Å². The molecule has 3 aromatic rings. The van der Waals surface area contributed by atoms with Crippen LogP contribution < -0.4 is 15.4 Å². The van der Waals surface area contributed by atoms with E-state index in [1.165, 1.54) is 0 Å². The number of halogens is 1. The lowest BCUT2D eigenvalue weighted by Gasteiger charge is -2.19. The molecule has 1 amide bonds. The minimum absolute atomic E-state index is 0.0681. The van der Waals surface area contributed by atoms with Gasteiger partial charge in [0.15, 0.2) is 0 Å². The van der Waals surface area contributed by atoms with Gasteiger partial charge in [0, 0.05) is 28.9 Å². The number of nitrogens with one attached hydrogen (secondary N) is 2. The third-order valence-electron chi connectivity index (χ3n) is 4.85. The highest BCUT2D eigenvalue weighted by Gasteiger charge is 2.12. The monoisotopic (exact) mass is 454 g/mol. The number of aliphatic hydroxyl groups excluding tert-OH is 2. The van der Waals surface area contributed by atoms with Gasteiger partial charge in [0.25, 0.3) is 5.91 Å². The van der Waals surface area contributed by atoms with Crippen molar-refractivity contribution in [1.29, 1.82) is 0 Å². The van der Waals surface area contributed by atoms with Crippen LogP contribution in [0.2, 0.25) is 5.02 Å². The molecule has 0 saturated heterocycles. The topological polar surface area (TPSA) is 90.8 Å². The summed E-state index contributed by atoms with van der Waals surface area (Å²) in [7, 11) is 0. The maximum absolute atomic E-state index is 12.3. The molecule has 0 aliphatic heterocycles. The van der Waals surface area contributed by atoms with Crippen LogP contribution in [0.25, 0.3) is 0 Å². The van der Waals surface area contributed by atoms with E-state index in [4.69, 9.17) is 16.3 Å². The fourth-order valence-corrected chi connectivity index (χ4v) is 3.21. The maximum atomic E-state index is 12.3. The molecule has 0 bridgehead atoms. The lowest BCUT2D eigenvalue weighted by molar-refractivity contribution is 0.0997. The van der Waals surface area contributed by atoms with Gasteiger partial charge in [0.05, 0.1) is 6.61 Å². The predicted octanol–water partition coefficient (Wildman–Crippen LogP) is 3.53. The van der Waals surface area contributed by atoms with Crippen molar-refractivity contribution in [3.8, 4) is 5.75 Å². The number of hydrogen-bond acceptors (Lipinski definition) is 5. The van der Waals surface area contributed by atoms with E-state index < -0.39 is 6.10 Å². The summed E-state index contributed by atoms with van der Waals surface area (Å²) >= 11 is 5.85. The van der Waals surface area contributed by atoms with E-state index in [1.807, 2.05) is 54.6 Å². The molecule has 168 valence electrons. The van der Waals surface area contributed by atoms with Crippen molar-refractivity contribution in [2.24, 2.45) is 0 Å². The number of benzene rings is 3. The van der Waals surface area contributed by atoms with Crippen LogP contribution in [-0.4, -0.2) is 48.0 Å². The van der Waals surface area contributed by atoms with E-state index in [0.717, 1.165) is 5.56 Å². The summed E-state index contributed by atoms with van der Waals surface area (Å²) in [6, 6.07) is 23.2. The molecule has 0 aliphatic rings. The van der Waals surface area contributed by atoms with Crippen molar-refractivity contribution in [1.82, 2.24) is 5.32 Å². The Bertz CT molecular complexity index is 965. The second kappa shape index (κ2) is 12.2. The number of hydrogen-bond donors (Lipinski definition) is 4. The number of para-hydroxylation sites is 1. The summed E-state index contributed by atoms with van der Waals surface area (Å²) in [6.07, 6.45) is -0.122.